The second-order valence-electron chi connectivity index (χ2n) is 6.13. The molecule has 0 saturated heterocycles. The molecule has 0 radical (unpaired) electrons. The molecule has 1 saturated carbocycles. The number of ether oxygens (including phenoxy) is 2. The van der Waals surface area contributed by atoms with Crippen molar-refractivity contribution in [3.63, 3.8) is 0 Å². The second kappa shape index (κ2) is 6.78. The molecular formula is C14H25NO4. The van der Waals surface area contributed by atoms with Crippen LogP contribution in [0.1, 0.15) is 53.4 Å². The van der Waals surface area contributed by atoms with E-state index in [9.17, 15) is 9.59 Å². The molecule has 0 unspecified atom stereocenters. The molecule has 0 heterocycles. The maximum absolute atomic E-state index is 11.5. The average Bonchev–Trinajstić information content (AvgIpc) is 2.25. The lowest BCUT2D eigenvalue weighted by Gasteiger charge is -2.28. The smallest absolute Gasteiger partial charge is 0.407 e. The van der Waals surface area contributed by atoms with E-state index < -0.39 is 5.60 Å². The van der Waals surface area contributed by atoms with Gasteiger partial charge in [0, 0.05) is 13.5 Å². The predicted octanol–water partition coefficient (Wildman–Crippen LogP) is 2.63. The summed E-state index contributed by atoms with van der Waals surface area (Å²) in [6, 6.07) is 0. The highest BCUT2D eigenvalue weighted by Gasteiger charge is 2.24. The minimum atomic E-state index is -0.461. The molecule has 5 nitrogen and oxygen atoms in total. The molecule has 0 aromatic heterocycles. The first kappa shape index (κ1) is 15.8. The second-order valence-corrected chi connectivity index (χ2v) is 6.13. The Labute approximate surface area is 115 Å². The van der Waals surface area contributed by atoms with E-state index in [2.05, 4.69) is 5.32 Å². The molecule has 0 atom stereocenters. The van der Waals surface area contributed by atoms with Crippen LogP contribution in [0.15, 0.2) is 0 Å². The van der Waals surface area contributed by atoms with Gasteiger partial charge >= 0.3 is 12.1 Å². The summed E-state index contributed by atoms with van der Waals surface area (Å²) in [6.45, 7) is 7.60. The van der Waals surface area contributed by atoms with Crippen molar-refractivity contribution in [3.8, 4) is 0 Å². The van der Waals surface area contributed by atoms with Crippen LogP contribution in [0.2, 0.25) is 0 Å². The quantitative estimate of drug-likeness (QED) is 0.801. The number of alkyl carbamates (subject to hydrolysis) is 1. The Kier molecular flexibility index (Phi) is 5.63. The minimum absolute atomic E-state index is 0.0512. The summed E-state index contributed by atoms with van der Waals surface area (Å²) >= 11 is 0. The molecule has 1 rings (SSSR count). The van der Waals surface area contributed by atoms with Gasteiger partial charge in [0.1, 0.15) is 11.7 Å². The standard InChI is InChI=1S/C14H25NO4/c1-10(16)18-12-7-5-11(6-8-12)9-15-13(17)19-14(2,3)4/h11-12H,5-9H2,1-4H3,(H,15,17). The Morgan fingerprint density at radius 2 is 1.74 bits per heavy atom. The molecule has 5 heteroatoms. The summed E-state index contributed by atoms with van der Waals surface area (Å²) in [6.07, 6.45) is 3.37. The van der Waals surface area contributed by atoms with Gasteiger partial charge in [-0.3, -0.25) is 4.79 Å². The van der Waals surface area contributed by atoms with E-state index >= 15 is 0 Å². The van der Waals surface area contributed by atoms with Crippen LogP contribution in [-0.2, 0) is 14.3 Å². The number of carbonyl (C=O) groups is 2. The van der Waals surface area contributed by atoms with Crippen molar-refractivity contribution in [2.75, 3.05) is 6.54 Å². The fraction of sp³-hybridized carbons (Fsp3) is 0.857. The van der Waals surface area contributed by atoms with Crippen LogP contribution in [-0.4, -0.2) is 30.3 Å². The molecule has 1 aliphatic carbocycles. The van der Waals surface area contributed by atoms with E-state index in [1.807, 2.05) is 20.8 Å². The van der Waals surface area contributed by atoms with Gasteiger partial charge in [-0.15, -0.1) is 0 Å². The number of rotatable bonds is 3. The van der Waals surface area contributed by atoms with Gasteiger partial charge in [0.15, 0.2) is 0 Å². The number of hydrogen-bond acceptors (Lipinski definition) is 4. The Morgan fingerprint density at radius 1 is 1.16 bits per heavy atom. The third-order valence-electron chi connectivity index (χ3n) is 3.06. The Morgan fingerprint density at radius 3 is 2.21 bits per heavy atom. The lowest BCUT2D eigenvalue weighted by molar-refractivity contribution is -0.148. The Hall–Kier alpha value is -1.26. The van der Waals surface area contributed by atoms with Crippen LogP contribution in [0.5, 0.6) is 0 Å². The molecule has 0 aromatic carbocycles. The van der Waals surface area contributed by atoms with E-state index in [4.69, 9.17) is 9.47 Å². The SMILES string of the molecule is CC(=O)OC1CCC(CNC(=O)OC(C)(C)C)CC1. The first-order chi connectivity index (χ1) is 8.76. The predicted molar refractivity (Wildman–Crippen MR) is 71.7 cm³/mol. The maximum Gasteiger partial charge on any atom is 0.407 e. The minimum Gasteiger partial charge on any atom is -0.463 e. The van der Waals surface area contributed by atoms with Gasteiger partial charge in [0.05, 0.1) is 0 Å². The van der Waals surface area contributed by atoms with Crippen LogP contribution < -0.4 is 5.32 Å². The fourth-order valence-electron chi connectivity index (χ4n) is 2.23. The van der Waals surface area contributed by atoms with Crippen LogP contribution in [0.25, 0.3) is 0 Å². The van der Waals surface area contributed by atoms with Gasteiger partial charge in [0.25, 0.3) is 0 Å². The van der Waals surface area contributed by atoms with E-state index in [0.717, 1.165) is 25.7 Å². The molecule has 1 fully saturated rings. The van der Waals surface area contributed by atoms with Crippen molar-refractivity contribution >= 4 is 12.1 Å². The topological polar surface area (TPSA) is 64.6 Å². The number of esters is 1. The number of hydrogen-bond donors (Lipinski definition) is 1. The Bertz CT molecular complexity index is 314. The Balaban J connectivity index is 2.19. The molecule has 0 aromatic rings. The third kappa shape index (κ3) is 7.03. The highest BCUT2D eigenvalue weighted by Crippen LogP contribution is 2.25. The summed E-state index contributed by atoms with van der Waals surface area (Å²) in [7, 11) is 0. The average molecular weight is 271 g/mol. The first-order valence-electron chi connectivity index (χ1n) is 6.90. The number of amides is 1. The van der Waals surface area contributed by atoms with E-state index in [-0.39, 0.29) is 18.2 Å². The normalized spacial score (nSPS) is 23.6. The van der Waals surface area contributed by atoms with Crippen LogP contribution in [0, 0.1) is 5.92 Å². The summed E-state index contributed by atoms with van der Waals surface area (Å²) in [5, 5.41) is 2.80. The highest BCUT2D eigenvalue weighted by atomic mass is 16.6. The summed E-state index contributed by atoms with van der Waals surface area (Å²) < 4.78 is 10.4. The van der Waals surface area contributed by atoms with Crippen LogP contribution in [0.4, 0.5) is 4.79 Å². The molecule has 1 N–H and O–H groups in total. The van der Waals surface area contributed by atoms with Crippen molar-refractivity contribution in [3.05, 3.63) is 0 Å². The van der Waals surface area contributed by atoms with E-state index in [0.29, 0.717) is 12.5 Å². The zero-order valence-corrected chi connectivity index (χ0v) is 12.3. The van der Waals surface area contributed by atoms with E-state index in [1.54, 1.807) is 0 Å². The fourth-order valence-corrected chi connectivity index (χ4v) is 2.23. The zero-order chi connectivity index (χ0) is 14.5. The maximum atomic E-state index is 11.5. The van der Waals surface area contributed by atoms with Gasteiger partial charge in [-0.05, 0) is 52.4 Å². The number of nitrogens with one attached hydrogen (secondary N) is 1. The molecule has 1 aliphatic rings. The molecule has 0 aliphatic heterocycles. The van der Waals surface area contributed by atoms with Crippen LogP contribution in [0.3, 0.4) is 0 Å². The lowest BCUT2D eigenvalue weighted by atomic mass is 9.87. The van der Waals surface area contributed by atoms with Crippen LogP contribution >= 0.6 is 0 Å². The van der Waals surface area contributed by atoms with Crippen molar-refractivity contribution in [1.29, 1.82) is 0 Å². The molecule has 0 bridgehead atoms. The van der Waals surface area contributed by atoms with Gasteiger partial charge in [0.2, 0.25) is 0 Å². The highest BCUT2D eigenvalue weighted by molar-refractivity contribution is 5.67. The molecule has 1 amide bonds. The number of carbonyl (C=O) groups excluding carboxylic acids is 2. The van der Waals surface area contributed by atoms with E-state index in [1.165, 1.54) is 6.92 Å². The largest absolute Gasteiger partial charge is 0.463 e. The third-order valence-corrected chi connectivity index (χ3v) is 3.06. The summed E-state index contributed by atoms with van der Waals surface area (Å²) in [4.78, 5) is 22.4. The molecule has 19 heavy (non-hydrogen) atoms. The molecular weight excluding hydrogens is 246 g/mol. The van der Waals surface area contributed by atoms with Crippen molar-refractivity contribution in [1.82, 2.24) is 5.32 Å². The van der Waals surface area contributed by atoms with Crippen molar-refractivity contribution < 1.29 is 19.1 Å². The summed E-state index contributed by atoms with van der Waals surface area (Å²) in [5.74, 6) is 0.231. The van der Waals surface area contributed by atoms with Gasteiger partial charge in [-0.1, -0.05) is 0 Å². The zero-order valence-electron chi connectivity index (χ0n) is 12.3. The lowest BCUT2D eigenvalue weighted by Crippen LogP contribution is -2.36. The van der Waals surface area contributed by atoms with Gasteiger partial charge in [-0.25, -0.2) is 4.79 Å². The monoisotopic (exact) mass is 271 g/mol. The van der Waals surface area contributed by atoms with Crippen molar-refractivity contribution in [2.24, 2.45) is 5.92 Å². The van der Waals surface area contributed by atoms with Crippen molar-refractivity contribution in [2.45, 2.75) is 65.1 Å². The first-order valence-corrected chi connectivity index (χ1v) is 6.90. The van der Waals surface area contributed by atoms with Gasteiger partial charge in [-0.2, -0.15) is 0 Å². The summed E-state index contributed by atoms with van der Waals surface area (Å²) in [5.41, 5.74) is -0.461. The van der Waals surface area contributed by atoms with Gasteiger partial charge < -0.3 is 14.8 Å². The molecule has 110 valence electrons. The molecule has 0 spiro atoms.